The molecule has 0 spiro atoms. The zero-order valence-electron chi connectivity index (χ0n) is 11.6. The minimum Gasteiger partial charge on any atom is -0.314 e. The number of unbranched alkanes of at least 4 members (excludes halogenated alkanes) is 4. The van der Waals surface area contributed by atoms with Gasteiger partial charge in [0, 0.05) is 6.04 Å². The van der Waals surface area contributed by atoms with Crippen molar-refractivity contribution in [3.8, 4) is 0 Å². The van der Waals surface area contributed by atoms with Crippen molar-refractivity contribution in [1.82, 2.24) is 5.32 Å². The van der Waals surface area contributed by atoms with Crippen LogP contribution in [0.25, 0.3) is 0 Å². The monoisotopic (exact) mass is 225 g/mol. The van der Waals surface area contributed by atoms with E-state index in [1.807, 2.05) is 0 Å². The molecule has 1 N–H and O–H groups in total. The number of hydrogen-bond acceptors (Lipinski definition) is 1. The molecule has 0 aromatic heterocycles. The summed E-state index contributed by atoms with van der Waals surface area (Å²) in [7, 11) is 0. The maximum Gasteiger partial charge on any atom is 0.00979 e. The Balaban J connectivity index is 2.07. The largest absolute Gasteiger partial charge is 0.314 e. The molecule has 0 heterocycles. The standard InChI is InChI=1S/C15H31N/c1-4-6-7-8-9-10-15(16-11-5-2)14-12-13(14)3/h13-16H,4-12H2,1-3H3. The van der Waals surface area contributed by atoms with Crippen molar-refractivity contribution in [2.45, 2.75) is 78.2 Å². The van der Waals surface area contributed by atoms with E-state index in [-0.39, 0.29) is 0 Å². The minimum atomic E-state index is 0.830. The third-order valence-electron chi connectivity index (χ3n) is 3.96. The lowest BCUT2D eigenvalue weighted by Crippen LogP contribution is -2.32. The highest BCUT2D eigenvalue weighted by molar-refractivity contribution is 4.92. The van der Waals surface area contributed by atoms with Crippen LogP contribution in [-0.4, -0.2) is 12.6 Å². The third-order valence-corrected chi connectivity index (χ3v) is 3.96. The van der Waals surface area contributed by atoms with E-state index >= 15 is 0 Å². The molecule has 0 bridgehead atoms. The lowest BCUT2D eigenvalue weighted by atomic mass is 10.0. The molecular formula is C15H31N. The highest BCUT2D eigenvalue weighted by Gasteiger charge is 2.38. The second-order valence-electron chi connectivity index (χ2n) is 5.64. The van der Waals surface area contributed by atoms with Gasteiger partial charge in [0.25, 0.3) is 0 Å². The average Bonchev–Trinajstić information content (AvgIpc) is 2.99. The molecule has 1 rings (SSSR count). The van der Waals surface area contributed by atoms with Crippen LogP contribution in [0.2, 0.25) is 0 Å². The first-order valence-corrected chi connectivity index (χ1v) is 7.53. The van der Waals surface area contributed by atoms with Crippen LogP contribution in [0.3, 0.4) is 0 Å². The highest BCUT2D eigenvalue weighted by Crippen LogP contribution is 2.42. The van der Waals surface area contributed by atoms with Crippen molar-refractivity contribution in [3.05, 3.63) is 0 Å². The number of hydrogen-bond donors (Lipinski definition) is 1. The molecule has 0 aromatic rings. The third kappa shape index (κ3) is 5.34. The maximum absolute atomic E-state index is 3.75. The van der Waals surface area contributed by atoms with Crippen LogP contribution in [0.4, 0.5) is 0 Å². The minimum absolute atomic E-state index is 0.830. The number of rotatable bonds is 10. The molecule has 0 radical (unpaired) electrons. The summed E-state index contributed by atoms with van der Waals surface area (Å²) in [6, 6.07) is 0.830. The molecule has 0 aliphatic heterocycles. The van der Waals surface area contributed by atoms with Crippen LogP contribution in [0.15, 0.2) is 0 Å². The van der Waals surface area contributed by atoms with Gasteiger partial charge in [-0.25, -0.2) is 0 Å². The van der Waals surface area contributed by atoms with Gasteiger partial charge in [-0.2, -0.15) is 0 Å². The predicted molar refractivity (Wildman–Crippen MR) is 72.7 cm³/mol. The molecule has 3 atom stereocenters. The van der Waals surface area contributed by atoms with Crippen LogP contribution in [-0.2, 0) is 0 Å². The van der Waals surface area contributed by atoms with E-state index in [0.717, 1.165) is 17.9 Å². The van der Waals surface area contributed by atoms with Crippen LogP contribution in [0.1, 0.15) is 72.1 Å². The summed E-state index contributed by atoms with van der Waals surface area (Å²) in [6.45, 7) is 8.17. The molecule has 1 aliphatic carbocycles. The molecule has 0 aromatic carbocycles. The normalized spacial score (nSPS) is 25.7. The Labute approximate surface area is 102 Å². The Bertz CT molecular complexity index is 167. The van der Waals surface area contributed by atoms with Crippen molar-refractivity contribution in [2.24, 2.45) is 11.8 Å². The summed E-state index contributed by atoms with van der Waals surface area (Å²) in [5, 5.41) is 3.75. The van der Waals surface area contributed by atoms with E-state index in [4.69, 9.17) is 0 Å². The van der Waals surface area contributed by atoms with Crippen molar-refractivity contribution in [1.29, 1.82) is 0 Å². The Kier molecular flexibility index (Phi) is 7.11. The lowest BCUT2D eigenvalue weighted by Gasteiger charge is -2.18. The first-order valence-electron chi connectivity index (χ1n) is 7.53. The first-order chi connectivity index (χ1) is 7.79. The van der Waals surface area contributed by atoms with Gasteiger partial charge >= 0.3 is 0 Å². The van der Waals surface area contributed by atoms with E-state index in [9.17, 15) is 0 Å². The lowest BCUT2D eigenvalue weighted by molar-refractivity contribution is 0.403. The first kappa shape index (κ1) is 14.0. The van der Waals surface area contributed by atoms with E-state index in [0.29, 0.717) is 0 Å². The van der Waals surface area contributed by atoms with Crippen LogP contribution in [0, 0.1) is 11.8 Å². The topological polar surface area (TPSA) is 12.0 Å². The van der Waals surface area contributed by atoms with E-state index in [2.05, 4.69) is 26.1 Å². The molecule has 1 nitrogen and oxygen atoms in total. The Morgan fingerprint density at radius 2 is 1.75 bits per heavy atom. The van der Waals surface area contributed by atoms with Gasteiger partial charge in [0.2, 0.25) is 0 Å². The molecular weight excluding hydrogens is 194 g/mol. The van der Waals surface area contributed by atoms with Gasteiger partial charge < -0.3 is 5.32 Å². The average molecular weight is 225 g/mol. The van der Waals surface area contributed by atoms with Gasteiger partial charge in [-0.1, -0.05) is 52.9 Å². The van der Waals surface area contributed by atoms with Crippen LogP contribution in [0.5, 0.6) is 0 Å². The molecule has 96 valence electrons. The van der Waals surface area contributed by atoms with E-state index in [1.165, 1.54) is 57.9 Å². The van der Waals surface area contributed by atoms with Crippen LogP contribution >= 0.6 is 0 Å². The van der Waals surface area contributed by atoms with Gasteiger partial charge in [0.05, 0.1) is 0 Å². The zero-order valence-corrected chi connectivity index (χ0v) is 11.6. The quantitative estimate of drug-likeness (QED) is 0.544. The fraction of sp³-hybridized carbons (Fsp3) is 1.00. The molecule has 1 saturated carbocycles. The molecule has 1 fully saturated rings. The predicted octanol–water partition coefficient (Wildman–Crippen LogP) is 4.37. The highest BCUT2D eigenvalue weighted by atomic mass is 14.9. The van der Waals surface area contributed by atoms with Gasteiger partial charge in [0.1, 0.15) is 0 Å². The molecule has 1 aliphatic rings. The smallest absolute Gasteiger partial charge is 0.00979 e. The van der Waals surface area contributed by atoms with Crippen molar-refractivity contribution in [2.75, 3.05) is 6.54 Å². The van der Waals surface area contributed by atoms with E-state index < -0.39 is 0 Å². The van der Waals surface area contributed by atoms with E-state index in [1.54, 1.807) is 0 Å². The second kappa shape index (κ2) is 8.11. The van der Waals surface area contributed by atoms with Gasteiger partial charge in [0.15, 0.2) is 0 Å². The number of nitrogens with one attached hydrogen (secondary N) is 1. The molecule has 1 heteroatoms. The fourth-order valence-electron chi connectivity index (χ4n) is 2.68. The zero-order chi connectivity index (χ0) is 11.8. The summed E-state index contributed by atoms with van der Waals surface area (Å²) in [6.07, 6.45) is 11.3. The maximum atomic E-state index is 3.75. The summed E-state index contributed by atoms with van der Waals surface area (Å²) in [5.41, 5.74) is 0. The summed E-state index contributed by atoms with van der Waals surface area (Å²) < 4.78 is 0. The summed E-state index contributed by atoms with van der Waals surface area (Å²) in [4.78, 5) is 0. The van der Waals surface area contributed by atoms with Gasteiger partial charge in [-0.3, -0.25) is 0 Å². The van der Waals surface area contributed by atoms with Crippen molar-refractivity contribution in [3.63, 3.8) is 0 Å². The van der Waals surface area contributed by atoms with Gasteiger partial charge in [-0.15, -0.1) is 0 Å². The summed E-state index contributed by atoms with van der Waals surface area (Å²) >= 11 is 0. The molecule has 0 amide bonds. The molecule has 3 unspecified atom stereocenters. The summed E-state index contributed by atoms with van der Waals surface area (Å²) in [5.74, 6) is 1.99. The Morgan fingerprint density at radius 3 is 2.31 bits per heavy atom. The van der Waals surface area contributed by atoms with Crippen LogP contribution < -0.4 is 5.32 Å². The molecule has 16 heavy (non-hydrogen) atoms. The SMILES string of the molecule is CCCCCCCC(NCCC)C1CC1C. The second-order valence-corrected chi connectivity index (χ2v) is 5.64. The fourth-order valence-corrected chi connectivity index (χ4v) is 2.68. The molecule has 0 saturated heterocycles. The van der Waals surface area contributed by atoms with Crippen molar-refractivity contribution >= 4 is 0 Å². The Morgan fingerprint density at radius 1 is 1.06 bits per heavy atom. The Hall–Kier alpha value is -0.0400. The van der Waals surface area contributed by atoms with Gasteiger partial charge in [-0.05, 0) is 37.6 Å². The van der Waals surface area contributed by atoms with Crippen molar-refractivity contribution < 1.29 is 0 Å².